The number of hydrogen-bond donors (Lipinski definition) is 2. The van der Waals surface area contributed by atoms with Gasteiger partial charge in [0.2, 0.25) is 0 Å². The fraction of sp³-hybridized carbons (Fsp3) is 0.500. The molecule has 1 aliphatic rings. The molecule has 0 saturated carbocycles. The van der Waals surface area contributed by atoms with Crippen LogP contribution in [0.3, 0.4) is 0 Å². The topological polar surface area (TPSA) is 95.8 Å². The average molecular weight is 449 g/mol. The fourth-order valence-corrected chi connectivity index (χ4v) is 3.16. The highest BCUT2D eigenvalue weighted by Gasteiger charge is 2.09. The second-order valence-corrected chi connectivity index (χ2v) is 7.28. The third-order valence-corrected chi connectivity index (χ3v) is 4.92. The average Bonchev–Trinajstić information content (AvgIpc) is 2.80. The molecule has 8 heteroatoms. The highest BCUT2D eigenvalue weighted by molar-refractivity contribution is 5.40. The van der Waals surface area contributed by atoms with Gasteiger partial charge in [0.15, 0.2) is 0 Å². The fourth-order valence-electron chi connectivity index (χ4n) is 3.16. The lowest BCUT2D eigenvalue weighted by Crippen LogP contribution is -2.11. The zero-order chi connectivity index (χ0) is 22.4. The Hall–Kier alpha value is -2.20. The SMILES string of the molecule is Oc1c2cccc1COCCOCCOCc1cccc(c1O)COCCOCCOC2. The van der Waals surface area contributed by atoms with Gasteiger partial charge in [0.05, 0.1) is 79.3 Å². The van der Waals surface area contributed by atoms with Crippen LogP contribution in [0.25, 0.3) is 0 Å². The summed E-state index contributed by atoms with van der Waals surface area (Å²) < 4.78 is 33.5. The Bertz CT molecular complexity index is 687. The largest absolute Gasteiger partial charge is 0.507 e. The number of benzene rings is 2. The summed E-state index contributed by atoms with van der Waals surface area (Å²) in [6, 6.07) is 11.0. The van der Waals surface area contributed by atoms with E-state index in [0.717, 1.165) is 0 Å². The summed E-state index contributed by atoms with van der Waals surface area (Å²) in [6.07, 6.45) is 0. The van der Waals surface area contributed by atoms with Gasteiger partial charge < -0.3 is 38.6 Å². The lowest BCUT2D eigenvalue weighted by Gasteiger charge is -2.13. The molecule has 2 N–H and O–H groups in total. The Morgan fingerprint density at radius 2 is 0.656 bits per heavy atom. The normalized spacial score (nSPS) is 18.5. The van der Waals surface area contributed by atoms with Gasteiger partial charge in [-0.1, -0.05) is 36.4 Å². The smallest absolute Gasteiger partial charge is 0.126 e. The first-order valence-electron chi connectivity index (χ1n) is 10.8. The first-order valence-corrected chi connectivity index (χ1v) is 10.8. The molecule has 0 aliphatic carbocycles. The van der Waals surface area contributed by atoms with Crippen LogP contribution in [0.2, 0.25) is 0 Å². The summed E-state index contributed by atoms with van der Waals surface area (Å²) in [5.74, 6) is 0.383. The second-order valence-electron chi connectivity index (χ2n) is 7.28. The molecule has 32 heavy (non-hydrogen) atoms. The number of hydrogen-bond acceptors (Lipinski definition) is 8. The maximum Gasteiger partial charge on any atom is 0.126 e. The number of rotatable bonds is 0. The van der Waals surface area contributed by atoms with Gasteiger partial charge in [0.1, 0.15) is 11.5 Å². The van der Waals surface area contributed by atoms with Crippen molar-refractivity contribution in [3.05, 3.63) is 58.7 Å². The molecule has 0 saturated heterocycles. The molecule has 3 rings (SSSR count). The molecule has 176 valence electrons. The van der Waals surface area contributed by atoms with Gasteiger partial charge in [0.25, 0.3) is 0 Å². The predicted molar refractivity (Wildman–Crippen MR) is 116 cm³/mol. The number of aromatic hydroxyl groups is 2. The minimum absolute atomic E-state index is 0.192. The van der Waals surface area contributed by atoms with Crippen LogP contribution in [-0.2, 0) is 54.8 Å². The summed E-state index contributed by atoms with van der Waals surface area (Å²) in [5.41, 5.74) is 2.83. The lowest BCUT2D eigenvalue weighted by molar-refractivity contribution is 0.00436. The molecule has 8 nitrogen and oxygen atoms in total. The van der Waals surface area contributed by atoms with Crippen molar-refractivity contribution in [1.82, 2.24) is 0 Å². The molecule has 1 heterocycles. The van der Waals surface area contributed by atoms with E-state index in [2.05, 4.69) is 0 Å². The van der Waals surface area contributed by atoms with Crippen molar-refractivity contribution < 1.29 is 38.6 Å². The van der Waals surface area contributed by atoms with Crippen molar-refractivity contribution in [3.63, 3.8) is 0 Å². The van der Waals surface area contributed by atoms with Crippen molar-refractivity contribution in [2.24, 2.45) is 0 Å². The van der Waals surface area contributed by atoms with E-state index in [1.807, 2.05) is 36.4 Å². The van der Waals surface area contributed by atoms with Crippen molar-refractivity contribution >= 4 is 0 Å². The maximum absolute atomic E-state index is 10.4. The van der Waals surface area contributed by atoms with Crippen LogP contribution in [0.15, 0.2) is 36.4 Å². The van der Waals surface area contributed by atoms with Crippen LogP contribution in [-0.4, -0.2) is 63.1 Å². The molecule has 0 unspecified atom stereocenters. The van der Waals surface area contributed by atoms with E-state index >= 15 is 0 Å². The van der Waals surface area contributed by atoms with Crippen molar-refractivity contribution in [2.45, 2.75) is 26.4 Å². The second kappa shape index (κ2) is 14.1. The molecule has 2 aromatic carbocycles. The van der Waals surface area contributed by atoms with E-state index in [1.165, 1.54) is 0 Å². The highest BCUT2D eigenvalue weighted by Crippen LogP contribution is 2.25. The molecule has 0 radical (unpaired) electrons. The van der Waals surface area contributed by atoms with Gasteiger partial charge in [-0.25, -0.2) is 0 Å². The van der Waals surface area contributed by atoms with Crippen molar-refractivity contribution in [2.75, 3.05) is 52.9 Å². The Labute approximate surface area is 188 Å². The summed E-state index contributed by atoms with van der Waals surface area (Å²) in [7, 11) is 0. The molecule has 1 aliphatic heterocycles. The van der Waals surface area contributed by atoms with Gasteiger partial charge in [-0.05, 0) is 0 Å². The van der Waals surface area contributed by atoms with Gasteiger partial charge in [-0.15, -0.1) is 0 Å². The molecule has 0 fully saturated rings. The van der Waals surface area contributed by atoms with Crippen LogP contribution in [0.4, 0.5) is 0 Å². The van der Waals surface area contributed by atoms with Gasteiger partial charge in [-0.3, -0.25) is 0 Å². The van der Waals surface area contributed by atoms with Crippen LogP contribution < -0.4 is 0 Å². The molecule has 0 spiro atoms. The quantitative estimate of drug-likeness (QED) is 0.635. The Morgan fingerprint density at radius 1 is 0.406 bits per heavy atom. The van der Waals surface area contributed by atoms with E-state index < -0.39 is 0 Å². The number of para-hydroxylation sites is 2. The number of ether oxygens (including phenoxy) is 6. The molecular weight excluding hydrogens is 416 g/mol. The number of phenolic OH excluding ortho intramolecular Hbond substituents is 2. The minimum atomic E-state index is 0.192. The monoisotopic (exact) mass is 448 g/mol. The van der Waals surface area contributed by atoms with Crippen LogP contribution in [0.1, 0.15) is 22.3 Å². The van der Waals surface area contributed by atoms with Crippen molar-refractivity contribution in [3.8, 4) is 11.5 Å². The predicted octanol–water partition coefficient (Wildman–Crippen LogP) is 2.91. The summed E-state index contributed by atoms with van der Waals surface area (Å²) in [6.45, 7) is 4.46. The van der Waals surface area contributed by atoms with Gasteiger partial charge >= 0.3 is 0 Å². The third-order valence-electron chi connectivity index (χ3n) is 4.92. The van der Waals surface area contributed by atoms with Crippen LogP contribution in [0.5, 0.6) is 11.5 Å². The van der Waals surface area contributed by atoms with E-state index in [1.54, 1.807) is 0 Å². The first kappa shape index (κ1) is 24.4. The molecule has 0 aromatic heterocycles. The third kappa shape index (κ3) is 8.05. The van der Waals surface area contributed by atoms with Crippen LogP contribution in [0, 0.1) is 0 Å². The minimum Gasteiger partial charge on any atom is -0.507 e. The Balaban J connectivity index is 1.51. The lowest BCUT2D eigenvalue weighted by atomic mass is 10.1. The molecule has 2 aromatic rings. The number of fused-ring (bicyclic) bond motifs is 4. The summed E-state index contributed by atoms with van der Waals surface area (Å²) in [5, 5.41) is 20.8. The zero-order valence-electron chi connectivity index (χ0n) is 18.3. The Morgan fingerprint density at radius 3 is 0.938 bits per heavy atom. The highest BCUT2D eigenvalue weighted by atomic mass is 16.5. The van der Waals surface area contributed by atoms with Gasteiger partial charge in [-0.2, -0.15) is 0 Å². The molecule has 0 amide bonds. The molecule has 0 atom stereocenters. The van der Waals surface area contributed by atoms with Crippen LogP contribution >= 0.6 is 0 Å². The van der Waals surface area contributed by atoms with Crippen molar-refractivity contribution in [1.29, 1.82) is 0 Å². The zero-order valence-corrected chi connectivity index (χ0v) is 18.3. The van der Waals surface area contributed by atoms with E-state index in [0.29, 0.717) is 75.1 Å². The maximum atomic E-state index is 10.4. The van der Waals surface area contributed by atoms with Gasteiger partial charge in [0, 0.05) is 22.3 Å². The van der Waals surface area contributed by atoms with E-state index in [9.17, 15) is 10.2 Å². The molecular formula is C24H32O8. The number of phenols is 2. The standard InChI is InChI=1S/C24H32O8/c25-23-19-3-1-4-20(23)16-30-12-8-28-10-14-32-18-22-6-2-5-21(24(22)26)17-31-13-9-27-7-11-29-15-19/h1-6,25-26H,7-18H2. The molecule has 4 bridgehead atoms. The Kier molecular flexibility index (Phi) is 10.7. The first-order chi connectivity index (χ1) is 15.8. The van der Waals surface area contributed by atoms with E-state index in [4.69, 9.17) is 28.4 Å². The summed E-state index contributed by atoms with van der Waals surface area (Å²) >= 11 is 0. The van der Waals surface area contributed by atoms with E-state index in [-0.39, 0.29) is 37.9 Å². The summed E-state index contributed by atoms with van der Waals surface area (Å²) in [4.78, 5) is 0.